The highest BCUT2D eigenvalue weighted by Crippen LogP contribution is 2.35. The largest absolute Gasteiger partial charge is 0.454 e. The summed E-state index contributed by atoms with van der Waals surface area (Å²) in [5.41, 5.74) is 4.27. The monoisotopic (exact) mass is 410 g/mol. The van der Waals surface area contributed by atoms with E-state index in [2.05, 4.69) is 36.2 Å². The van der Waals surface area contributed by atoms with Crippen LogP contribution in [0.5, 0.6) is 11.5 Å². The Morgan fingerprint density at radius 2 is 1.86 bits per heavy atom. The van der Waals surface area contributed by atoms with Crippen LogP contribution in [0.4, 0.5) is 15.6 Å². The fraction of sp³-hybridized carbons (Fsp3) is 0.333. The van der Waals surface area contributed by atoms with Crippen LogP contribution < -0.4 is 19.7 Å². The van der Waals surface area contributed by atoms with Crippen LogP contribution in [0.2, 0.25) is 0 Å². The Morgan fingerprint density at radius 3 is 2.69 bits per heavy atom. The number of thiazole rings is 1. The first kappa shape index (κ1) is 18.1. The van der Waals surface area contributed by atoms with E-state index in [4.69, 9.17) is 14.5 Å². The molecule has 3 aromatic rings. The molecule has 150 valence electrons. The van der Waals surface area contributed by atoms with Gasteiger partial charge in [-0.3, -0.25) is 0 Å². The van der Waals surface area contributed by atoms with Crippen molar-refractivity contribution in [3.05, 3.63) is 41.5 Å². The second kappa shape index (κ2) is 7.11. The second-order valence-electron chi connectivity index (χ2n) is 7.40. The van der Waals surface area contributed by atoms with Gasteiger partial charge in [0.2, 0.25) is 6.79 Å². The number of benzene rings is 2. The average molecular weight is 410 g/mol. The van der Waals surface area contributed by atoms with E-state index in [0.29, 0.717) is 30.3 Å². The molecule has 8 heteroatoms. The fourth-order valence-electron chi connectivity index (χ4n) is 3.78. The molecule has 2 amide bonds. The summed E-state index contributed by atoms with van der Waals surface area (Å²) in [4.78, 5) is 21.6. The number of piperazine rings is 1. The van der Waals surface area contributed by atoms with Gasteiger partial charge in [-0.25, -0.2) is 9.78 Å². The second-order valence-corrected chi connectivity index (χ2v) is 8.38. The van der Waals surface area contributed by atoms with E-state index in [1.807, 2.05) is 17.0 Å². The van der Waals surface area contributed by atoms with Gasteiger partial charge in [0.1, 0.15) is 0 Å². The number of urea groups is 1. The van der Waals surface area contributed by atoms with Gasteiger partial charge in [0.15, 0.2) is 16.6 Å². The summed E-state index contributed by atoms with van der Waals surface area (Å²) >= 11 is 1.73. The smallest absolute Gasteiger partial charge is 0.321 e. The van der Waals surface area contributed by atoms with E-state index in [1.165, 1.54) is 15.8 Å². The third-order valence-electron chi connectivity index (χ3n) is 5.27. The molecular formula is C21H22N4O3S. The number of aryl methyl sites for hydroxylation is 2. The summed E-state index contributed by atoms with van der Waals surface area (Å²) in [6, 6.07) is 9.67. The number of aromatic nitrogens is 1. The minimum Gasteiger partial charge on any atom is -0.454 e. The number of hydrogen-bond donors (Lipinski definition) is 1. The van der Waals surface area contributed by atoms with E-state index >= 15 is 0 Å². The van der Waals surface area contributed by atoms with Crippen molar-refractivity contribution in [3.8, 4) is 11.5 Å². The van der Waals surface area contributed by atoms with Gasteiger partial charge in [0, 0.05) is 37.9 Å². The molecule has 7 nitrogen and oxygen atoms in total. The number of fused-ring (bicyclic) bond motifs is 2. The van der Waals surface area contributed by atoms with Crippen molar-refractivity contribution in [2.75, 3.05) is 43.2 Å². The van der Waals surface area contributed by atoms with Crippen LogP contribution in [0.3, 0.4) is 0 Å². The summed E-state index contributed by atoms with van der Waals surface area (Å²) in [5, 5.41) is 3.98. The van der Waals surface area contributed by atoms with E-state index < -0.39 is 0 Å². The van der Waals surface area contributed by atoms with Gasteiger partial charge in [-0.15, -0.1) is 0 Å². The maximum atomic E-state index is 12.6. The highest BCUT2D eigenvalue weighted by Gasteiger charge is 2.24. The molecule has 0 atom stereocenters. The summed E-state index contributed by atoms with van der Waals surface area (Å²) in [6.45, 7) is 7.31. The Hall–Kier alpha value is -3.00. The molecule has 1 aromatic heterocycles. The van der Waals surface area contributed by atoms with Gasteiger partial charge >= 0.3 is 6.03 Å². The summed E-state index contributed by atoms with van der Waals surface area (Å²) in [5.74, 6) is 1.37. The van der Waals surface area contributed by atoms with Crippen LogP contribution in [0.1, 0.15) is 11.1 Å². The third kappa shape index (κ3) is 3.44. The molecule has 0 radical (unpaired) electrons. The maximum Gasteiger partial charge on any atom is 0.321 e. The maximum absolute atomic E-state index is 12.6. The van der Waals surface area contributed by atoms with E-state index in [0.717, 1.165) is 23.7 Å². The van der Waals surface area contributed by atoms with Gasteiger partial charge in [-0.2, -0.15) is 0 Å². The fourth-order valence-corrected chi connectivity index (χ4v) is 4.85. The zero-order chi connectivity index (χ0) is 20.0. The highest BCUT2D eigenvalue weighted by molar-refractivity contribution is 7.22. The Kier molecular flexibility index (Phi) is 4.43. The van der Waals surface area contributed by atoms with Crippen LogP contribution in [0.25, 0.3) is 10.2 Å². The molecule has 3 heterocycles. The van der Waals surface area contributed by atoms with Gasteiger partial charge < -0.3 is 24.6 Å². The molecule has 1 saturated heterocycles. The zero-order valence-corrected chi connectivity index (χ0v) is 17.2. The van der Waals surface area contributed by atoms with Crippen molar-refractivity contribution in [3.63, 3.8) is 0 Å². The lowest BCUT2D eigenvalue weighted by Gasteiger charge is -2.34. The molecule has 2 aliphatic heterocycles. The molecule has 0 aliphatic carbocycles. The SMILES string of the molecule is Cc1cc(C)c2sc(N3CCN(C(=O)Nc4ccc5c(c4)OCO5)CC3)nc2c1. The van der Waals surface area contributed by atoms with Crippen LogP contribution in [0.15, 0.2) is 30.3 Å². The molecule has 0 unspecified atom stereocenters. The molecule has 29 heavy (non-hydrogen) atoms. The van der Waals surface area contributed by atoms with E-state index in [-0.39, 0.29) is 12.8 Å². The summed E-state index contributed by atoms with van der Waals surface area (Å²) in [6.07, 6.45) is 0. The Bertz CT molecular complexity index is 1090. The van der Waals surface area contributed by atoms with Gasteiger partial charge in [-0.1, -0.05) is 17.4 Å². The van der Waals surface area contributed by atoms with E-state index in [1.54, 1.807) is 17.4 Å². The first-order valence-electron chi connectivity index (χ1n) is 9.65. The predicted molar refractivity (Wildman–Crippen MR) is 114 cm³/mol. The Balaban J connectivity index is 1.23. The Labute approximate surface area is 172 Å². The van der Waals surface area contributed by atoms with Crippen molar-refractivity contribution in [1.82, 2.24) is 9.88 Å². The lowest BCUT2D eigenvalue weighted by atomic mass is 10.1. The molecule has 0 bridgehead atoms. The van der Waals surface area contributed by atoms with Crippen molar-refractivity contribution >= 4 is 38.4 Å². The normalized spacial score (nSPS) is 15.8. The van der Waals surface area contributed by atoms with Crippen LogP contribution >= 0.6 is 11.3 Å². The first-order chi connectivity index (χ1) is 14.1. The minimum absolute atomic E-state index is 0.0979. The molecule has 1 N–H and O–H groups in total. The number of nitrogens with one attached hydrogen (secondary N) is 1. The molecule has 2 aromatic carbocycles. The topological polar surface area (TPSA) is 66.9 Å². The van der Waals surface area contributed by atoms with Crippen molar-refractivity contribution in [2.24, 2.45) is 0 Å². The standard InChI is InChI=1S/C21H22N4O3S/c1-13-9-14(2)19-16(10-13)23-21(29-19)25-7-5-24(6-8-25)20(26)22-15-3-4-17-18(11-15)28-12-27-17/h3-4,9-11H,5-8,12H2,1-2H3,(H,22,26). The number of ether oxygens (including phenoxy) is 2. The molecule has 0 spiro atoms. The number of hydrogen-bond acceptors (Lipinski definition) is 6. The Morgan fingerprint density at radius 1 is 1.07 bits per heavy atom. The quantitative estimate of drug-likeness (QED) is 0.692. The lowest BCUT2D eigenvalue weighted by molar-refractivity contribution is 0.174. The predicted octanol–water partition coefficient (Wildman–Crippen LogP) is 4.00. The van der Waals surface area contributed by atoms with Crippen LogP contribution in [-0.4, -0.2) is 48.9 Å². The van der Waals surface area contributed by atoms with Crippen LogP contribution in [0, 0.1) is 13.8 Å². The summed E-state index contributed by atoms with van der Waals surface area (Å²) < 4.78 is 11.9. The third-order valence-corrected chi connectivity index (χ3v) is 6.54. The molecule has 5 rings (SSSR count). The number of carbonyl (C=O) groups excluding carboxylic acids is 1. The lowest BCUT2D eigenvalue weighted by Crippen LogP contribution is -2.50. The average Bonchev–Trinajstić information content (AvgIpc) is 3.34. The molecule has 0 saturated carbocycles. The number of anilines is 2. The number of rotatable bonds is 2. The first-order valence-corrected chi connectivity index (χ1v) is 10.5. The number of amides is 2. The summed E-state index contributed by atoms with van der Waals surface area (Å²) in [7, 11) is 0. The number of carbonyl (C=O) groups is 1. The van der Waals surface area contributed by atoms with Crippen molar-refractivity contribution < 1.29 is 14.3 Å². The van der Waals surface area contributed by atoms with Gasteiger partial charge in [0.05, 0.1) is 10.2 Å². The van der Waals surface area contributed by atoms with Gasteiger partial charge in [-0.05, 0) is 43.2 Å². The number of nitrogens with zero attached hydrogens (tertiary/aromatic N) is 3. The van der Waals surface area contributed by atoms with Crippen molar-refractivity contribution in [2.45, 2.75) is 13.8 Å². The molecule has 1 fully saturated rings. The zero-order valence-electron chi connectivity index (χ0n) is 16.4. The molecular weight excluding hydrogens is 388 g/mol. The van der Waals surface area contributed by atoms with Crippen molar-refractivity contribution in [1.29, 1.82) is 0 Å². The van der Waals surface area contributed by atoms with Crippen LogP contribution in [-0.2, 0) is 0 Å². The minimum atomic E-state index is -0.0979. The molecule has 2 aliphatic rings. The van der Waals surface area contributed by atoms with Gasteiger partial charge in [0.25, 0.3) is 0 Å². The highest BCUT2D eigenvalue weighted by atomic mass is 32.1. The van der Waals surface area contributed by atoms with E-state index in [9.17, 15) is 4.79 Å².